The van der Waals surface area contributed by atoms with Crippen LogP contribution in [-0.2, 0) is 17.9 Å². The van der Waals surface area contributed by atoms with E-state index >= 15 is 0 Å². The smallest absolute Gasteiger partial charge is 0.475 e. The highest BCUT2D eigenvalue weighted by Crippen LogP contribution is 2.28. The second-order valence-electron chi connectivity index (χ2n) is 9.48. The first-order valence-electron chi connectivity index (χ1n) is 13.5. The topological polar surface area (TPSA) is 175 Å². The standard InChI is InChI=1S/C27H25N9O3.C2HF3O2/c1-3-4-14-35-22-24(32-26(35)34-15-12-30-13-16-34)33-27(39-20-10-7-11-31-21(20)23(28)37)36(25(22)38)17-18-8-5-6-9-19(18)29-2;3-2(4,5)1(6)7/h5-11,30H,12-17H2,1H3,(H2,28,37);(H,6,7). The van der Waals surface area contributed by atoms with Crippen LogP contribution < -0.4 is 26.2 Å². The van der Waals surface area contributed by atoms with Gasteiger partial charge in [-0.1, -0.05) is 30.2 Å². The molecule has 1 fully saturated rings. The molecule has 5 rings (SSSR count). The summed E-state index contributed by atoms with van der Waals surface area (Å²) >= 11 is 0. The Balaban J connectivity index is 0.000000617. The van der Waals surface area contributed by atoms with Crippen LogP contribution in [0, 0.1) is 18.4 Å². The number of carboxylic acids is 1. The number of fused-ring (bicyclic) bond motifs is 1. The van der Waals surface area contributed by atoms with E-state index < -0.39 is 23.6 Å². The van der Waals surface area contributed by atoms with Gasteiger partial charge in [0.2, 0.25) is 5.95 Å². The number of nitrogens with zero attached hydrogens (tertiary/aromatic N) is 7. The summed E-state index contributed by atoms with van der Waals surface area (Å²) < 4.78 is 40.9. The molecule has 1 aliphatic heterocycles. The van der Waals surface area contributed by atoms with Crippen LogP contribution in [0.2, 0.25) is 0 Å². The summed E-state index contributed by atoms with van der Waals surface area (Å²) in [5, 5.41) is 10.4. The minimum absolute atomic E-state index is 0.00453. The molecule has 0 atom stereocenters. The molecule has 4 N–H and O–H groups in total. The van der Waals surface area contributed by atoms with Crippen molar-refractivity contribution in [2.75, 3.05) is 31.1 Å². The quantitative estimate of drug-likeness (QED) is 0.202. The molecular weight excluding hydrogens is 611 g/mol. The molecule has 4 aromatic rings. The number of hydrogen-bond donors (Lipinski definition) is 3. The number of benzene rings is 1. The molecule has 0 bridgehead atoms. The van der Waals surface area contributed by atoms with Crippen LogP contribution >= 0.6 is 0 Å². The predicted octanol–water partition coefficient (Wildman–Crippen LogP) is 2.54. The summed E-state index contributed by atoms with van der Waals surface area (Å²) in [6.07, 6.45) is -3.67. The number of amides is 1. The van der Waals surface area contributed by atoms with Crippen molar-refractivity contribution in [2.24, 2.45) is 5.73 Å². The highest BCUT2D eigenvalue weighted by molar-refractivity contribution is 5.93. The number of carboxylic acid groups (broad SMARTS) is 1. The van der Waals surface area contributed by atoms with Gasteiger partial charge >= 0.3 is 18.2 Å². The van der Waals surface area contributed by atoms with Crippen molar-refractivity contribution in [2.45, 2.75) is 26.2 Å². The van der Waals surface area contributed by atoms with Crippen molar-refractivity contribution >= 4 is 34.7 Å². The molecule has 14 nitrogen and oxygen atoms in total. The Morgan fingerprint density at radius 2 is 1.85 bits per heavy atom. The number of nitrogens with one attached hydrogen (secondary N) is 1. The fourth-order valence-electron chi connectivity index (χ4n) is 4.40. The van der Waals surface area contributed by atoms with E-state index in [0.717, 1.165) is 13.1 Å². The first kappa shape index (κ1) is 33.0. The van der Waals surface area contributed by atoms with Crippen LogP contribution in [0.5, 0.6) is 11.8 Å². The van der Waals surface area contributed by atoms with E-state index in [-0.39, 0.29) is 41.7 Å². The number of anilines is 1. The van der Waals surface area contributed by atoms with Gasteiger partial charge in [-0.25, -0.2) is 14.6 Å². The van der Waals surface area contributed by atoms with Gasteiger partial charge in [0.1, 0.15) is 0 Å². The SMILES string of the molecule is O=C(O)C(F)(F)F.[C-]#[N+]c1ccccc1Cn1c(Oc2cccnc2C(N)=O)nc2nc(N3CCNCC3)n(CC#CC)c2c1=O. The summed E-state index contributed by atoms with van der Waals surface area (Å²) in [4.78, 5) is 54.1. The third-order valence-electron chi connectivity index (χ3n) is 6.51. The minimum Gasteiger partial charge on any atom is -0.475 e. The van der Waals surface area contributed by atoms with Crippen molar-refractivity contribution < 1.29 is 32.6 Å². The van der Waals surface area contributed by atoms with Gasteiger partial charge in [-0.05, 0) is 24.6 Å². The lowest BCUT2D eigenvalue weighted by Gasteiger charge is -2.28. The predicted molar refractivity (Wildman–Crippen MR) is 159 cm³/mol. The van der Waals surface area contributed by atoms with Gasteiger partial charge in [0.25, 0.3) is 11.5 Å². The van der Waals surface area contributed by atoms with Crippen LogP contribution in [0.1, 0.15) is 23.0 Å². The Hall–Kier alpha value is -5.94. The van der Waals surface area contributed by atoms with Crippen LogP contribution in [0.15, 0.2) is 47.4 Å². The fourth-order valence-corrected chi connectivity index (χ4v) is 4.40. The van der Waals surface area contributed by atoms with Crippen molar-refractivity contribution in [1.82, 2.24) is 29.4 Å². The van der Waals surface area contributed by atoms with Gasteiger partial charge in [-0.2, -0.15) is 23.1 Å². The number of carbonyl (C=O) groups excluding carboxylic acids is 1. The van der Waals surface area contributed by atoms with E-state index in [9.17, 15) is 22.8 Å². The number of para-hydroxylation sites is 1. The lowest BCUT2D eigenvalue weighted by molar-refractivity contribution is -0.192. The maximum absolute atomic E-state index is 14.2. The number of primary amides is 1. The highest BCUT2D eigenvalue weighted by Gasteiger charge is 2.38. The van der Waals surface area contributed by atoms with Gasteiger partial charge < -0.3 is 25.8 Å². The molecule has 1 aromatic carbocycles. The van der Waals surface area contributed by atoms with Crippen molar-refractivity contribution in [3.05, 3.63) is 75.6 Å². The van der Waals surface area contributed by atoms with Crippen molar-refractivity contribution in [1.29, 1.82) is 0 Å². The van der Waals surface area contributed by atoms with Crippen LogP contribution in [-0.4, -0.2) is 73.4 Å². The molecule has 238 valence electrons. The monoisotopic (exact) mass is 637 g/mol. The Bertz CT molecular complexity index is 1930. The summed E-state index contributed by atoms with van der Waals surface area (Å²) in [6, 6.07) is 9.97. The van der Waals surface area contributed by atoms with E-state index in [1.165, 1.54) is 16.8 Å². The second kappa shape index (κ2) is 14.2. The summed E-state index contributed by atoms with van der Waals surface area (Å²) in [7, 11) is 0. The zero-order chi connectivity index (χ0) is 33.4. The number of nitrogens with two attached hydrogens (primary N) is 1. The molecule has 0 radical (unpaired) electrons. The number of imidazole rings is 1. The van der Waals surface area contributed by atoms with E-state index in [1.807, 2.05) is 0 Å². The molecule has 46 heavy (non-hydrogen) atoms. The van der Waals surface area contributed by atoms with Gasteiger partial charge in [0.05, 0.1) is 13.1 Å². The maximum atomic E-state index is 14.2. The van der Waals surface area contributed by atoms with E-state index in [0.29, 0.717) is 30.3 Å². The zero-order valence-electron chi connectivity index (χ0n) is 24.2. The number of aliphatic carboxylic acids is 1. The molecule has 0 aliphatic carbocycles. The number of halogens is 3. The number of alkyl halides is 3. The molecule has 0 spiro atoms. The van der Waals surface area contributed by atoms with Crippen LogP contribution in [0.4, 0.5) is 24.8 Å². The highest BCUT2D eigenvalue weighted by atomic mass is 19.4. The van der Waals surface area contributed by atoms with Crippen molar-refractivity contribution in [3.8, 4) is 23.6 Å². The number of hydrogen-bond acceptors (Lipinski definition) is 9. The molecule has 1 saturated heterocycles. The molecule has 17 heteroatoms. The molecule has 0 unspecified atom stereocenters. The van der Waals surface area contributed by atoms with Crippen LogP contribution in [0.25, 0.3) is 16.0 Å². The Labute approximate surface area is 259 Å². The Morgan fingerprint density at radius 3 is 2.48 bits per heavy atom. The molecule has 3 aromatic heterocycles. The maximum Gasteiger partial charge on any atom is 0.490 e. The molecule has 1 amide bonds. The molecule has 1 aliphatic rings. The van der Waals surface area contributed by atoms with Crippen LogP contribution in [0.3, 0.4) is 0 Å². The summed E-state index contributed by atoms with van der Waals surface area (Å²) in [6.45, 7) is 12.5. The van der Waals surface area contributed by atoms with E-state index in [4.69, 9.17) is 31.9 Å². The van der Waals surface area contributed by atoms with E-state index in [2.05, 4.69) is 36.9 Å². The molecule has 0 saturated carbocycles. The number of aromatic nitrogens is 5. The second-order valence-corrected chi connectivity index (χ2v) is 9.48. The Kier molecular flexibility index (Phi) is 10.2. The van der Waals surface area contributed by atoms with Gasteiger partial charge in [-0.3, -0.25) is 18.7 Å². The Morgan fingerprint density at radius 1 is 1.15 bits per heavy atom. The lowest BCUT2D eigenvalue weighted by atomic mass is 10.2. The zero-order valence-corrected chi connectivity index (χ0v) is 24.2. The normalized spacial score (nSPS) is 12.7. The summed E-state index contributed by atoms with van der Waals surface area (Å²) in [5.41, 5.74) is 6.40. The number of carbonyl (C=O) groups is 2. The fraction of sp³-hybridized carbons (Fsp3) is 0.276. The number of rotatable bonds is 7. The lowest BCUT2D eigenvalue weighted by Crippen LogP contribution is -2.44. The average molecular weight is 638 g/mol. The third kappa shape index (κ3) is 7.40. The van der Waals surface area contributed by atoms with Gasteiger partial charge in [0, 0.05) is 38.9 Å². The first-order valence-corrected chi connectivity index (χ1v) is 13.5. The van der Waals surface area contributed by atoms with E-state index in [1.54, 1.807) is 41.8 Å². The number of piperazine rings is 1. The largest absolute Gasteiger partial charge is 0.490 e. The molecule has 4 heterocycles. The first-order chi connectivity index (χ1) is 22.0. The van der Waals surface area contributed by atoms with Gasteiger partial charge in [-0.15, -0.1) is 5.92 Å². The van der Waals surface area contributed by atoms with Gasteiger partial charge in [0.15, 0.2) is 28.3 Å². The van der Waals surface area contributed by atoms with Crippen molar-refractivity contribution in [3.63, 3.8) is 0 Å². The number of pyridine rings is 1. The third-order valence-corrected chi connectivity index (χ3v) is 6.51. The average Bonchev–Trinajstić information content (AvgIpc) is 3.40. The molecular formula is C29H26F3N9O5. The minimum atomic E-state index is -5.08. The summed E-state index contributed by atoms with van der Waals surface area (Å²) in [5.74, 6) is 3.00. The number of ether oxygens (including phenoxy) is 1.